The number of nitrogens with zero attached hydrogens (tertiary/aromatic N) is 4. The van der Waals surface area contributed by atoms with Gasteiger partial charge >= 0.3 is 6.18 Å². The standard InChI is InChI=1S/C28H34F3N5O2/c1-34(2)12-13-35-14-15-36(11-10-26(35)37)27-22(16-20-8-9-23(38-3)17-25(20)33-27)19-32-18-21-6-4-5-7-24(21)28(29,30)31/h4-9,16-17,32H,10-15,18-19H2,1-3H3. The Labute approximate surface area is 221 Å². The fourth-order valence-electron chi connectivity index (χ4n) is 4.63. The highest BCUT2D eigenvalue weighted by molar-refractivity contribution is 5.83. The van der Waals surface area contributed by atoms with Gasteiger partial charge in [0.1, 0.15) is 11.6 Å². The summed E-state index contributed by atoms with van der Waals surface area (Å²) in [4.78, 5) is 23.7. The predicted octanol–water partition coefficient (Wildman–Crippen LogP) is 4.15. The lowest BCUT2D eigenvalue weighted by molar-refractivity contribution is -0.138. The average molecular weight is 530 g/mol. The van der Waals surface area contributed by atoms with E-state index in [9.17, 15) is 18.0 Å². The van der Waals surface area contributed by atoms with Crippen LogP contribution in [-0.4, -0.2) is 74.6 Å². The van der Waals surface area contributed by atoms with Gasteiger partial charge in [0.15, 0.2) is 0 Å². The third kappa shape index (κ3) is 6.73. The van der Waals surface area contributed by atoms with Crippen LogP contribution in [0.3, 0.4) is 0 Å². The van der Waals surface area contributed by atoms with E-state index in [1.54, 1.807) is 13.2 Å². The third-order valence-electron chi connectivity index (χ3n) is 6.74. The maximum atomic E-state index is 13.5. The molecule has 1 aromatic heterocycles. The van der Waals surface area contributed by atoms with Gasteiger partial charge < -0.3 is 24.8 Å². The molecular formula is C28H34F3N5O2. The van der Waals surface area contributed by atoms with E-state index in [1.807, 2.05) is 43.3 Å². The lowest BCUT2D eigenvalue weighted by Crippen LogP contribution is -2.38. The average Bonchev–Trinajstić information content (AvgIpc) is 3.07. The highest BCUT2D eigenvalue weighted by atomic mass is 19.4. The molecule has 38 heavy (non-hydrogen) atoms. The van der Waals surface area contributed by atoms with Gasteiger partial charge in [0.25, 0.3) is 0 Å². The summed E-state index contributed by atoms with van der Waals surface area (Å²) in [5, 5.41) is 4.09. The Morgan fingerprint density at radius 1 is 1.03 bits per heavy atom. The summed E-state index contributed by atoms with van der Waals surface area (Å²) in [6.45, 7) is 3.55. The van der Waals surface area contributed by atoms with Crippen LogP contribution < -0.4 is 15.0 Å². The van der Waals surface area contributed by atoms with Crippen LogP contribution in [0.2, 0.25) is 0 Å². The van der Waals surface area contributed by atoms with E-state index >= 15 is 0 Å². The van der Waals surface area contributed by atoms with Gasteiger partial charge in [-0.25, -0.2) is 4.98 Å². The highest BCUT2D eigenvalue weighted by Crippen LogP contribution is 2.32. The first-order chi connectivity index (χ1) is 18.2. The van der Waals surface area contributed by atoms with E-state index in [2.05, 4.69) is 15.1 Å². The molecule has 0 atom stereocenters. The molecule has 204 valence electrons. The molecule has 4 rings (SSSR count). The lowest BCUT2D eigenvalue weighted by Gasteiger charge is -2.26. The molecule has 0 radical (unpaired) electrons. The molecule has 1 saturated heterocycles. The van der Waals surface area contributed by atoms with Crippen LogP contribution in [-0.2, 0) is 24.1 Å². The van der Waals surface area contributed by atoms with Gasteiger partial charge in [0.2, 0.25) is 5.91 Å². The Bertz CT molecular complexity index is 1260. The molecule has 0 spiro atoms. The molecule has 2 aromatic carbocycles. The molecule has 0 unspecified atom stereocenters. The van der Waals surface area contributed by atoms with Gasteiger partial charge in [-0.1, -0.05) is 18.2 Å². The maximum absolute atomic E-state index is 13.5. The van der Waals surface area contributed by atoms with Crippen molar-refractivity contribution in [1.29, 1.82) is 0 Å². The molecule has 1 amide bonds. The van der Waals surface area contributed by atoms with Crippen LogP contribution in [0.4, 0.5) is 19.0 Å². The fourth-order valence-corrected chi connectivity index (χ4v) is 4.63. The number of likely N-dealkylation sites (N-methyl/N-ethyl adjacent to an activating group) is 1. The first-order valence-corrected chi connectivity index (χ1v) is 12.7. The van der Waals surface area contributed by atoms with Crippen molar-refractivity contribution >= 4 is 22.6 Å². The number of benzene rings is 2. The number of aromatic nitrogens is 1. The minimum absolute atomic E-state index is 0.0621. The zero-order valence-electron chi connectivity index (χ0n) is 22.0. The number of ether oxygens (including phenoxy) is 1. The first kappa shape index (κ1) is 27.7. The van der Waals surface area contributed by atoms with Crippen LogP contribution in [0.25, 0.3) is 10.9 Å². The molecule has 0 bridgehead atoms. The maximum Gasteiger partial charge on any atom is 0.416 e. The second kappa shape index (κ2) is 12.0. The number of hydrogen-bond donors (Lipinski definition) is 1. The predicted molar refractivity (Wildman–Crippen MR) is 142 cm³/mol. The summed E-state index contributed by atoms with van der Waals surface area (Å²) >= 11 is 0. The summed E-state index contributed by atoms with van der Waals surface area (Å²) in [6, 6.07) is 13.2. The van der Waals surface area contributed by atoms with Gasteiger partial charge in [0, 0.05) is 69.3 Å². The van der Waals surface area contributed by atoms with E-state index in [0.717, 1.165) is 34.9 Å². The number of hydrogen-bond acceptors (Lipinski definition) is 6. The minimum Gasteiger partial charge on any atom is -0.497 e. The molecule has 3 aromatic rings. The van der Waals surface area contributed by atoms with Crippen molar-refractivity contribution < 1.29 is 22.7 Å². The van der Waals surface area contributed by atoms with Crippen LogP contribution in [0.5, 0.6) is 5.75 Å². The number of rotatable bonds is 9. The van der Waals surface area contributed by atoms with Gasteiger partial charge in [-0.15, -0.1) is 0 Å². The molecule has 1 N–H and O–H groups in total. The SMILES string of the molecule is COc1ccc2cc(CNCc3ccccc3C(F)(F)F)c(N3CCC(=O)N(CCN(C)C)CC3)nc2c1. The van der Waals surface area contributed by atoms with Gasteiger partial charge in [0.05, 0.1) is 18.2 Å². The number of carbonyl (C=O) groups is 1. The number of pyridine rings is 1. The monoisotopic (exact) mass is 529 g/mol. The van der Waals surface area contributed by atoms with Crippen molar-refractivity contribution in [1.82, 2.24) is 20.1 Å². The van der Waals surface area contributed by atoms with Crippen LogP contribution in [0.15, 0.2) is 48.5 Å². The van der Waals surface area contributed by atoms with E-state index in [1.165, 1.54) is 12.1 Å². The van der Waals surface area contributed by atoms with E-state index in [-0.39, 0.29) is 18.0 Å². The molecule has 2 heterocycles. The summed E-state index contributed by atoms with van der Waals surface area (Å²) in [7, 11) is 5.56. The molecular weight excluding hydrogens is 495 g/mol. The normalized spacial score (nSPS) is 14.9. The number of fused-ring (bicyclic) bond motifs is 1. The lowest BCUT2D eigenvalue weighted by atomic mass is 10.1. The quantitative estimate of drug-likeness (QED) is 0.450. The second-order valence-corrected chi connectivity index (χ2v) is 9.71. The third-order valence-corrected chi connectivity index (χ3v) is 6.74. The van der Waals surface area contributed by atoms with Crippen LogP contribution >= 0.6 is 0 Å². The van der Waals surface area contributed by atoms with Crippen molar-refractivity contribution in [2.75, 3.05) is 58.8 Å². The van der Waals surface area contributed by atoms with Crippen molar-refractivity contribution in [3.05, 3.63) is 65.2 Å². The smallest absolute Gasteiger partial charge is 0.416 e. The Morgan fingerprint density at radius 3 is 2.53 bits per heavy atom. The van der Waals surface area contributed by atoms with Crippen LogP contribution in [0.1, 0.15) is 23.1 Å². The first-order valence-electron chi connectivity index (χ1n) is 12.7. The number of alkyl halides is 3. The zero-order valence-corrected chi connectivity index (χ0v) is 22.0. The molecule has 7 nitrogen and oxygen atoms in total. The minimum atomic E-state index is -4.41. The van der Waals surface area contributed by atoms with Gasteiger partial charge in [-0.2, -0.15) is 13.2 Å². The van der Waals surface area contributed by atoms with Crippen molar-refractivity contribution in [2.24, 2.45) is 0 Å². The summed E-state index contributed by atoms with van der Waals surface area (Å²) < 4.78 is 45.7. The largest absolute Gasteiger partial charge is 0.497 e. The topological polar surface area (TPSA) is 60.9 Å². The van der Waals surface area contributed by atoms with E-state index < -0.39 is 11.7 Å². The van der Waals surface area contributed by atoms with Crippen molar-refractivity contribution in [3.63, 3.8) is 0 Å². The molecule has 1 aliphatic rings. The Morgan fingerprint density at radius 2 is 1.79 bits per heavy atom. The van der Waals surface area contributed by atoms with E-state index in [0.29, 0.717) is 44.9 Å². The highest BCUT2D eigenvalue weighted by Gasteiger charge is 2.32. The zero-order chi connectivity index (χ0) is 27.3. The molecule has 10 heteroatoms. The Balaban J connectivity index is 1.59. The number of carbonyl (C=O) groups excluding carboxylic acids is 1. The van der Waals surface area contributed by atoms with Gasteiger partial charge in [-0.3, -0.25) is 4.79 Å². The number of amides is 1. The summed E-state index contributed by atoms with van der Waals surface area (Å²) in [5.74, 6) is 1.52. The summed E-state index contributed by atoms with van der Waals surface area (Å²) in [6.07, 6.45) is -4.04. The van der Waals surface area contributed by atoms with Crippen molar-refractivity contribution in [2.45, 2.75) is 25.7 Å². The Kier molecular flexibility index (Phi) is 8.73. The van der Waals surface area contributed by atoms with Crippen LogP contribution in [0, 0.1) is 0 Å². The summed E-state index contributed by atoms with van der Waals surface area (Å²) in [5.41, 5.74) is 1.17. The van der Waals surface area contributed by atoms with E-state index in [4.69, 9.17) is 9.72 Å². The number of methoxy groups -OCH3 is 1. The molecule has 1 aliphatic heterocycles. The number of anilines is 1. The van der Waals surface area contributed by atoms with Gasteiger partial charge in [-0.05, 0) is 43.9 Å². The fraction of sp³-hybridized carbons (Fsp3) is 0.429. The van der Waals surface area contributed by atoms with Crippen molar-refractivity contribution in [3.8, 4) is 5.75 Å². The Hall–Kier alpha value is -3.37. The number of halogens is 3. The number of nitrogens with one attached hydrogen (secondary N) is 1. The molecule has 0 saturated carbocycles. The molecule has 1 fully saturated rings. The second-order valence-electron chi connectivity index (χ2n) is 9.71. The molecule has 0 aliphatic carbocycles.